The Hall–Kier alpha value is -3.99. The average molecular weight is 466 g/mol. The van der Waals surface area contributed by atoms with Crippen LogP contribution >= 0.6 is 0 Å². The molecule has 7 heteroatoms. The maximum absolute atomic E-state index is 13.6. The molecule has 1 atom stereocenters. The van der Waals surface area contributed by atoms with Gasteiger partial charge in [-0.3, -0.25) is 14.3 Å². The highest BCUT2D eigenvalue weighted by Gasteiger charge is 2.25. The zero-order valence-electron chi connectivity index (χ0n) is 19.6. The van der Waals surface area contributed by atoms with Crippen LogP contribution in [0.2, 0.25) is 0 Å². The van der Waals surface area contributed by atoms with Crippen molar-refractivity contribution in [3.8, 4) is 11.9 Å². The fraction of sp³-hybridized carbons (Fsp3) is 0.250. The number of rotatable bonds is 6. The molecule has 1 fully saturated rings. The van der Waals surface area contributed by atoms with E-state index in [1.807, 2.05) is 47.9 Å². The minimum atomic E-state index is -0.147. The summed E-state index contributed by atoms with van der Waals surface area (Å²) in [7, 11) is 0. The van der Waals surface area contributed by atoms with Gasteiger partial charge in [0, 0.05) is 37.4 Å². The Morgan fingerprint density at radius 1 is 1.11 bits per heavy atom. The standard InChI is InChI=1S/C28H27N5O2/c1-20-7-5-11-24-26(20)23(19-33(24)27-22(17-29)10-6-12-30-27)28(34)31-18-25(21-8-3-2-4-9-21)32-13-15-35-16-14-32/h2-12,19,25H,13-16,18H2,1H3,(H,31,34). The Labute approximate surface area is 204 Å². The summed E-state index contributed by atoms with van der Waals surface area (Å²) in [5.74, 6) is 0.367. The first-order chi connectivity index (χ1) is 17.2. The monoisotopic (exact) mass is 465 g/mol. The predicted molar refractivity (Wildman–Crippen MR) is 134 cm³/mol. The third-order valence-corrected chi connectivity index (χ3v) is 6.54. The molecule has 176 valence electrons. The summed E-state index contributed by atoms with van der Waals surface area (Å²) in [5, 5.41) is 13.7. The molecule has 1 N–H and O–H groups in total. The van der Waals surface area contributed by atoms with Crippen molar-refractivity contribution in [2.24, 2.45) is 0 Å². The van der Waals surface area contributed by atoms with Crippen LogP contribution in [0.25, 0.3) is 16.7 Å². The number of nitrogens with zero attached hydrogens (tertiary/aromatic N) is 4. The Bertz CT molecular complexity index is 1380. The van der Waals surface area contributed by atoms with Crippen LogP contribution in [0.15, 0.2) is 73.1 Å². The summed E-state index contributed by atoms with van der Waals surface area (Å²) in [5.41, 5.74) is 4.03. The second-order valence-corrected chi connectivity index (χ2v) is 8.65. The number of carbonyl (C=O) groups excluding carboxylic acids is 1. The molecule has 5 rings (SSSR count). The van der Waals surface area contributed by atoms with Crippen molar-refractivity contribution in [3.63, 3.8) is 0 Å². The Morgan fingerprint density at radius 3 is 2.69 bits per heavy atom. The normalized spacial score (nSPS) is 15.0. The van der Waals surface area contributed by atoms with Crippen molar-refractivity contribution in [1.29, 1.82) is 5.26 Å². The fourth-order valence-electron chi connectivity index (χ4n) is 4.80. The Kier molecular flexibility index (Phi) is 6.57. The molecular formula is C28H27N5O2. The Balaban J connectivity index is 1.48. The number of morpholine rings is 1. The molecule has 1 unspecified atom stereocenters. The minimum absolute atomic E-state index is 0.0551. The van der Waals surface area contributed by atoms with E-state index >= 15 is 0 Å². The number of aromatic nitrogens is 2. The molecule has 1 aliphatic heterocycles. The lowest BCUT2D eigenvalue weighted by molar-refractivity contribution is 0.0162. The van der Waals surface area contributed by atoms with Crippen molar-refractivity contribution in [3.05, 3.63) is 95.3 Å². The smallest absolute Gasteiger partial charge is 0.253 e. The number of carbonyl (C=O) groups is 1. The summed E-state index contributed by atoms with van der Waals surface area (Å²) < 4.78 is 7.38. The molecule has 35 heavy (non-hydrogen) atoms. The van der Waals surface area contributed by atoms with Crippen LogP contribution in [-0.2, 0) is 4.74 Å². The number of pyridine rings is 1. The van der Waals surface area contributed by atoms with E-state index in [1.54, 1.807) is 24.5 Å². The van der Waals surface area contributed by atoms with E-state index < -0.39 is 0 Å². The predicted octanol–water partition coefficient (Wildman–Crippen LogP) is 4.01. The maximum Gasteiger partial charge on any atom is 0.253 e. The van der Waals surface area contributed by atoms with Gasteiger partial charge >= 0.3 is 0 Å². The van der Waals surface area contributed by atoms with E-state index in [4.69, 9.17) is 4.74 Å². The number of nitriles is 1. The quantitative estimate of drug-likeness (QED) is 0.465. The van der Waals surface area contributed by atoms with Crippen LogP contribution in [0.1, 0.15) is 33.1 Å². The van der Waals surface area contributed by atoms with Crippen LogP contribution < -0.4 is 5.32 Å². The fourth-order valence-corrected chi connectivity index (χ4v) is 4.80. The van der Waals surface area contributed by atoms with Gasteiger partial charge in [-0.1, -0.05) is 42.5 Å². The lowest BCUT2D eigenvalue weighted by Gasteiger charge is -2.35. The van der Waals surface area contributed by atoms with E-state index in [0.29, 0.717) is 36.7 Å². The van der Waals surface area contributed by atoms with E-state index in [9.17, 15) is 10.1 Å². The summed E-state index contributed by atoms with van der Waals surface area (Å²) in [6.07, 6.45) is 3.45. The molecule has 1 aliphatic rings. The van der Waals surface area contributed by atoms with Gasteiger partial charge in [0.1, 0.15) is 6.07 Å². The van der Waals surface area contributed by atoms with Crippen molar-refractivity contribution in [2.45, 2.75) is 13.0 Å². The molecule has 0 radical (unpaired) electrons. The third-order valence-electron chi connectivity index (χ3n) is 6.54. The van der Waals surface area contributed by atoms with Crippen molar-refractivity contribution < 1.29 is 9.53 Å². The van der Waals surface area contributed by atoms with E-state index in [0.717, 1.165) is 29.6 Å². The van der Waals surface area contributed by atoms with E-state index in [-0.39, 0.29) is 11.9 Å². The third kappa shape index (κ3) is 4.54. The number of nitrogens with one attached hydrogen (secondary N) is 1. The highest BCUT2D eigenvalue weighted by atomic mass is 16.5. The number of hydrogen-bond donors (Lipinski definition) is 1. The van der Waals surface area contributed by atoms with Crippen molar-refractivity contribution in [2.75, 3.05) is 32.8 Å². The topological polar surface area (TPSA) is 83.2 Å². The summed E-state index contributed by atoms with van der Waals surface area (Å²) in [6, 6.07) is 21.9. The molecule has 1 saturated heterocycles. The molecule has 4 aromatic rings. The summed E-state index contributed by atoms with van der Waals surface area (Å²) in [4.78, 5) is 20.4. The Morgan fingerprint density at radius 2 is 1.91 bits per heavy atom. The van der Waals surface area contributed by atoms with E-state index in [2.05, 4.69) is 33.4 Å². The highest BCUT2D eigenvalue weighted by Crippen LogP contribution is 2.29. The molecule has 2 aromatic carbocycles. The van der Waals surface area contributed by atoms with Crippen LogP contribution in [0.5, 0.6) is 0 Å². The summed E-state index contributed by atoms with van der Waals surface area (Å²) >= 11 is 0. The molecule has 7 nitrogen and oxygen atoms in total. The van der Waals surface area contributed by atoms with Gasteiger partial charge in [-0.2, -0.15) is 5.26 Å². The van der Waals surface area contributed by atoms with Gasteiger partial charge in [0.05, 0.1) is 35.9 Å². The number of fused-ring (bicyclic) bond motifs is 1. The van der Waals surface area contributed by atoms with Crippen molar-refractivity contribution in [1.82, 2.24) is 19.8 Å². The van der Waals surface area contributed by atoms with Crippen molar-refractivity contribution >= 4 is 16.8 Å². The number of amides is 1. The molecule has 0 bridgehead atoms. The molecule has 1 amide bonds. The van der Waals surface area contributed by atoms with Gasteiger partial charge in [0.15, 0.2) is 5.82 Å². The van der Waals surface area contributed by atoms with Crippen LogP contribution in [0, 0.1) is 18.3 Å². The van der Waals surface area contributed by atoms with Gasteiger partial charge in [0.25, 0.3) is 5.91 Å². The zero-order chi connectivity index (χ0) is 24.2. The first-order valence-corrected chi connectivity index (χ1v) is 11.8. The van der Waals surface area contributed by atoms with Gasteiger partial charge < -0.3 is 10.1 Å². The highest BCUT2D eigenvalue weighted by molar-refractivity contribution is 6.08. The number of ether oxygens (including phenoxy) is 1. The lowest BCUT2D eigenvalue weighted by atomic mass is 10.0. The molecule has 2 aromatic heterocycles. The van der Waals surface area contributed by atoms with Gasteiger partial charge in [-0.05, 0) is 36.2 Å². The molecule has 0 aliphatic carbocycles. The second-order valence-electron chi connectivity index (χ2n) is 8.65. The lowest BCUT2D eigenvalue weighted by Crippen LogP contribution is -2.43. The first-order valence-electron chi connectivity index (χ1n) is 11.8. The van der Waals surface area contributed by atoms with Crippen LogP contribution in [0.3, 0.4) is 0 Å². The van der Waals surface area contributed by atoms with Gasteiger partial charge in [-0.25, -0.2) is 4.98 Å². The molecular weight excluding hydrogens is 438 g/mol. The van der Waals surface area contributed by atoms with Crippen LogP contribution in [0.4, 0.5) is 0 Å². The zero-order valence-corrected chi connectivity index (χ0v) is 19.6. The number of benzene rings is 2. The number of aryl methyl sites for hydroxylation is 1. The van der Waals surface area contributed by atoms with Gasteiger partial charge in [0.2, 0.25) is 0 Å². The largest absolute Gasteiger partial charge is 0.379 e. The number of hydrogen-bond acceptors (Lipinski definition) is 5. The SMILES string of the molecule is Cc1cccc2c1c(C(=O)NCC(c1ccccc1)N1CCOCC1)cn2-c1ncccc1C#N. The molecule has 0 spiro atoms. The molecule has 3 heterocycles. The second kappa shape index (κ2) is 10.1. The molecule has 0 saturated carbocycles. The van der Waals surface area contributed by atoms with Gasteiger partial charge in [-0.15, -0.1) is 0 Å². The summed E-state index contributed by atoms with van der Waals surface area (Å²) in [6.45, 7) is 5.50. The average Bonchev–Trinajstić information content (AvgIpc) is 3.31. The first kappa shape index (κ1) is 22.8. The minimum Gasteiger partial charge on any atom is -0.379 e. The van der Waals surface area contributed by atoms with Crippen LogP contribution in [-0.4, -0.2) is 53.2 Å². The van der Waals surface area contributed by atoms with E-state index in [1.165, 1.54) is 5.56 Å². The maximum atomic E-state index is 13.6.